The van der Waals surface area contributed by atoms with Gasteiger partial charge in [-0.1, -0.05) is 13.8 Å². The highest BCUT2D eigenvalue weighted by molar-refractivity contribution is 5.77. The van der Waals surface area contributed by atoms with Crippen molar-refractivity contribution in [3.63, 3.8) is 0 Å². The normalized spacial score (nSPS) is 13.8. The van der Waals surface area contributed by atoms with Crippen molar-refractivity contribution in [2.75, 3.05) is 6.61 Å². The molecular weight excluding hydrogens is 180 g/mol. The van der Waals surface area contributed by atoms with Gasteiger partial charge in [0.25, 0.3) is 0 Å². The van der Waals surface area contributed by atoms with Gasteiger partial charge in [0, 0.05) is 12.5 Å². The summed E-state index contributed by atoms with van der Waals surface area (Å²) in [5, 5.41) is 12.1. The number of nitrogens with one attached hydrogen (secondary N) is 1. The van der Waals surface area contributed by atoms with E-state index >= 15 is 0 Å². The van der Waals surface area contributed by atoms with E-state index in [9.17, 15) is 9.90 Å². The summed E-state index contributed by atoms with van der Waals surface area (Å²) in [6, 6.07) is -0.139. The van der Waals surface area contributed by atoms with Crippen molar-refractivity contribution in [2.24, 2.45) is 5.73 Å². The minimum atomic E-state index is -0.466. The second-order valence-corrected chi connectivity index (χ2v) is 3.88. The third-order valence-electron chi connectivity index (χ3n) is 2.57. The molecule has 4 heteroatoms. The smallest absolute Gasteiger partial charge is 0.222 e. The highest BCUT2D eigenvalue weighted by atomic mass is 16.3. The first-order chi connectivity index (χ1) is 6.49. The zero-order valence-electron chi connectivity index (χ0n) is 9.34. The van der Waals surface area contributed by atoms with Gasteiger partial charge in [0.05, 0.1) is 12.1 Å². The third-order valence-corrected chi connectivity index (χ3v) is 2.57. The van der Waals surface area contributed by atoms with E-state index < -0.39 is 5.54 Å². The van der Waals surface area contributed by atoms with Crippen molar-refractivity contribution in [1.82, 2.24) is 5.32 Å². The zero-order valence-corrected chi connectivity index (χ0v) is 9.34. The summed E-state index contributed by atoms with van der Waals surface area (Å²) in [4.78, 5) is 11.4. The van der Waals surface area contributed by atoms with Crippen molar-refractivity contribution >= 4 is 5.91 Å². The zero-order chi connectivity index (χ0) is 11.2. The first kappa shape index (κ1) is 13.4. The number of carbonyl (C=O) groups excluding carboxylic acids is 1. The Labute approximate surface area is 85.9 Å². The summed E-state index contributed by atoms with van der Waals surface area (Å²) in [5.41, 5.74) is 5.05. The fraction of sp³-hybridized carbons (Fsp3) is 0.900. The Bertz CT molecular complexity index is 169. The van der Waals surface area contributed by atoms with E-state index in [1.807, 2.05) is 13.8 Å². The van der Waals surface area contributed by atoms with Crippen LogP contribution in [0.25, 0.3) is 0 Å². The predicted molar refractivity (Wildman–Crippen MR) is 56.8 cm³/mol. The molecule has 0 aliphatic carbocycles. The topological polar surface area (TPSA) is 75.3 Å². The molecule has 0 rings (SSSR count). The molecule has 1 amide bonds. The molecule has 0 radical (unpaired) electrons. The van der Waals surface area contributed by atoms with Crippen LogP contribution in [0.2, 0.25) is 0 Å². The summed E-state index contributed by atoms with van der Waals surface area (Å²) in [6.07, 6.45) is 1.76. The lowest BCUT2D eigenvalue weighted by atomic mass is 9.93. The van der Waals surface area contributed by atoms with Crippen LogP contribution >= 0.6 is 0 Å². The van der Waals surface area contributed by atoms with Crippen LogP contribution in [-0.2, 0) is 4.79 Å². The number of hydrogen-bond acceptors (Lipinski definition) is 3. The molecule has 0 bridgehead atoms. The first-order valence-corrected chi connectivity index (χ1v) is 5.17. The molecule has 0 fully saturated rings. The number of aliphatic hydroxyl groups is 1. The molecule has 0 heterocycles. The maximum atomic E-state index is 11.4. The molecule has 1 atom stereocenters. The Kier molecular flexibility index (Phi) is 5.72. The second-order valence-electron chi connectivity index (χ2n) is 3.88. The van der Waals surface area contributed by atoms with Crippen LogP contribution in [0.4, 0.5) is 0 Å². The summed E-state index contributed by atoms with van der Waals surface area (Å²) in [5.74, 6) is -0.0854. The predicted octanol–water partition coefficient (Wildman–Crippen LogP) is 0.391. The summed E-state index contributed by atoms with van der Waals surface area (Å²) in [7, 11) is 0. The molecule has 4 N–H and O–H groups in total. The van der Waals surface area contributed by atoms with E-state index in [0.29, 0.717) is 6.42 Å². The van der Waals surface area contributed by atoms with E-state index in [-0.39, 0.29) is 18.6 Å². The highest BCUT2D eigenvalue weighted by Crippen LogP contribution is 2.14. The Morgan fingerprint density at radius 2 is 2.00 bits per heavy atom. The fourth-order valence-electron chi connectivity index (χ4n) is 1.33. The monoisotopic (exact) mass is 202 g/mol. The average molecular weight is 202 g/mol. The molecule has 0 aromatic rings. The van der Waals surface area contributed by atoms with E-state index in [1.54, 1.807) is 6.92 Å². The van der Waals surface area contributed by atoms with Gasteiger partial charge >= 0.3 is 0 Å². The van der Waals surface area contributed by atoms with Gasteiger partial charge < -0.3 is 16.2 Å². The molecular formula is C10H22N2O2. The molecule has 0 spiro atoms. The number of hydrogen-bond donors (Lipinski definition) is 3. The molecule has 0 aliphatic heterocycles. The highest BCUT2D eigenvalue weighted by Gasteiger charge is 2.26. The Morgan fingerprint density at radius 1 is 1.50 bits per heavy atom. The van der Waals surface area contributed by atoms with Crippen molar-refractivity contribution in [3.8, 4) is 0 Å². The van der Waals surface area contributed by atoms with Crippen LogP contribution in [0.5, 0.6) is 0 Å². The second kappa shape index (κ2) is 5.98. The van der Waals surface area contributed by atoms with Gasteiger partial charge in [-0.25, -0.2) is 0 Å². The molecule has 4 nitrogen and oxygen atoms in total. The van der Waals surface area contributed by atoms with Crippen molar-refractivity contribution in [1.29, 1.82) is 0 Å². The minimum Gasteiger partial charge on any atom is -0.394 e. The van der Waals surface area contributed by atoms with E-state index in [1.165, 1.54) is 0 Å². The lowest BCUT2D eigenvalue weighted by Gasteiger charge is -2.31. The van der Waals surface area contributed by atoms with Crippen molar-refractivity contribution < 1.29 is 9.90 Å². The first-order valence-electron chi connectivity index (χ1n) is 5.17. The van der Waals surface area contributed by atoms with Crippen molar-refractivity contribution in [2.45, 2.75) is 51.6 Å². The van der Waals surface area contributed by atoms with Crippen molar-refractivity contribution in [3.05, 3.63) is 0 Å². The van der Waals surface area contributed by atoms with Gasteiger partial charge in [-0.3, -0.25) is 4.79 Å². The van der Waals surface area contributed by atoms with Gasteiger partial charge in [0.15, 0.2) is 0 Å². The number of carbonyl (C=O) groups is 1. The molecule has 0 aliphatic rings. The minimum absolute atomic E-state index is 0.0231. The van der Waals surface area contributed by atoms with Gasteiger partial charge in [0.2, 0.25) is 5.91 Å². The Hall–Kier alpha value is -0.610. The molecule has 0 aromatic heterocycles. The van der Waals surface area contributed by atoms with Crippen LogP contribution in [0.1, 0.15) is 40.0 Å². The Morgan fingerprint density at radius 3 is 2.29 bits per heavy atom. The van der Waals surface area contributed by atoms with Crippen LogP contribution in [-0.4, -0.2) is 29.2 Å². The molecule has 0 saturated heterocycles. The van der Waals surface area contributed by atoms with Crippen LogP contribution in [0, 0.1) is 0 Å². The molecule has 0 saturated carbocycles. The Balaban J connectivity index is 4.22. The molecule has 84 valence electrons. The average Bonchev–Trinajstić information content (AvgIpc) is 2.13. The van der Waals surface area contributed by atoms with Gasteiger partial charge in [0.1, 0.15) is 0 Å². The largest absolute Gasteiger partial charge is 0.394 e. The number of nitrogens with two attached hydrogens (primary N) is 1. The lowest BCUT2D eigenvalue weighted by molar-refractivity contribution is -0.124. The standard InChI is InChI=1S/C10H22N2O2/c1-4-10(5-2,7-13)12-9(14)6-8(3)11/h8,13H,4-7,11H2,1-3H3,(H,12,14). The van der Waals surface area contributed by atoms with Gasteiger partial charge in [-0.15, -0.1) is 0 Å². The van der Waals surface area contributed by atoms with Crippen LogP contribution in [0.15, 0.2) is 0 Å². The quantitative estimate of drug-likeness (QED) is 0.583. The van der Waals surface area contributed by atoms with E-state index in [2.05, 4.69) is 5.32 Å². The third kappa shape index (κ3) is 4.07. The van der Waals surface area contributed by atoms with Crippen LogP contribution < -0.4 is 11.1 Å². The van der Waals surface area contributed by atoms with E-state index in [0.717, 1.165) is 12.8 Å². The number of amides is 1. The van der Waals surface area contributed by atoms with Gasteiger partial charge in [-0.05, 0) is 19.8 Å². The maximum Gasteiger partial charge on any atom is 0.222 e. The molecule has 1 unspecified atom stereocenters. The summed E-state index contributed by atoms with van der Waals surface area (Å²) < 4.78 is 0. The summed E-state index contributed by atoms with van der Waals surface area (Å²) >= 11 is 0. The van der Waals surface area contributed by atoms with Gasteiger partial charge in [-0.2, -0.15) is 0 Å². The summed E-state index contributed by atoms with van der Waals surface area (Å²) in [6.45, 7) is 5.67. The van der Waals surface area contributed by atoms with Crippen LogP contribution in [0.3, 0.4) is 0 Å². The van der Waals surface area contributed by atoms with E-state index in [4.69, 9.17) is 5.73 Å². The number of rotatable bonds is 6. The maximum absolute atomic E-state index is 11.4. The molecule has 0 aromatic carbocycles. The SMILES string of the molecule is CCC(CC)(CO)NC(=O)CC(C)N. The number of aliphatic hydroxyl groups excluding tert-OH is 1. The lowest BCUT2D eigenvalue weighted by Crippen LogP contribution is -2.51. The fourth-order valence-corrected chi connectivity index (χ4v) is 1.33. The molecule has 14 heavy (non-hydrogen) atoms.